The zero-order valence-electron chi connectivity index (χ0n) is 13.4. The highest BCUT2D eigenvalue weighted by Crippen LogP contribution is 2.42. The second-order valence-corrected chi connectivity index (χ2v) is 7.58. The Morgan fingerprint density at radius 3 is 2.88 bits per heavy atom. The number of aromatic nitrogens is 3. The molecule has 2 fully saturated rings. The van der Waals surface area contributed by atoms with Gasteiger partial charge in [-0.1, -0.05) is 11.3 Å². The molecule has 0 spiro atoms. The normalized spacial score (nSPS) is 19.0. The van der Waals surface area contributed by atoms with Gasteiger partial charge in [0.2, 0.25) is 0 Å². The Morgan fingerprint density at radius 2 is 2.08 bits per heavy atom. The first-order chi connectivity index (χ1) is 11.9. The zero-order chi connectivity index (χ0) is 15.9. The third-order valence-electron chi connectivity index (χ3n) is 4.73. The first-order valence-corrected chi connectivity index (χ1v) is 9.38. The van der Waals surface area contributed by atoms with Crippen LogP contribution in [0.2, 0.25) is 0 Å². The molecule has 2 aliphatic rings. The molecule has 1 saturated carbocycles. The lowest BCUT2D eigenvalue weighted by molar-refractivity contribution is 0.0839. The monoisotopic (exact) mass is 341 g/mol. The van der Waals surface area contributed by atoms with Crippen molar-refractivity contribution < 1.29 is 9.47 Å². The Morgan fingerprint density at radius 1 is 1.21 bits per heavy atom. The second kappa shape index (κ2) is 5.86. The van der Waals surface area contributed by atoms with E-state index in [1.54, 1.807) is 11.3 Å². The minimum atomic E-state index is 0.432. The molecule has 0 atom stereocenters. The van der Waals surface area contributed by atoms with Crippen LogP contribution in [0.4, 0.5) is 0 Å². The number of thiophene rings is 1. The SMILES string of the molecule is c1cnc2cc(Oc3cn(C4CC4)nc3C3CCOCC3)sc2c1. The molecule has 0 radical (unpaired) electrons. The van der Waals surface area contributed by atoms with E-state index in [0.717, 1.165) is 52.8 Å². The van der Waals surface area contributed by atoms with Gasteiger partial charge in [0.1, 0.15) is 5.69 Å². The lowest BCUT2D eigenvalue weighted by atomic mass is 9.96. The molecular weight excluding hydrogens is 322 g/mol. The maximum absolute atomic E-state index is 6.26. The Hall–Kier alpha value is -1.92. The molecule has 5 nitrogen and oxygen atoms in total. The summed E-state index contributed by atoms with van der Waals surface area (Å²) in [6.07, 6.45) is 8.39. The van der Waals surface area contributed by atoms with E-state index in [0.29, 0.717) is 12.0 Å². The highest BCUT2D eigenvalue weighted by molar-refractivity contribution is 7.20. The van der Waals surface area contributed by atoms with Crippen LogP contribution >= 0.6 is 11.3 Å². The minimum Gasteiger partial charge on any atom is -0.443 e. The molecule has 3 aromatic rings. The van der Waals surface area contributed by atoms with Crippen molar-refractivity contribution in [2.24, 2.45) is 0 Å². The first-order valence-electron chi connectivity index (χ1n) is 8.56. The predicted molar refractivity (Wildman–Crippen MR) is 93.0 cm³/mol. The Kier molecular flexibility index (Phi) is 3.52. The quantitative estimate of drug-likeness (QED) is 0.700. The van der Waals surface area contributed by atoms with Crippen LogP contribution in [0.5, 0.6) is 10.8 Å². The van der Waals surface area contributed by atoms with Gasteiger partial charge in [-0.3, -0.25) is 9.67 Å². The number of rotatable bonds is 4. The number of pyridine rings is 1. The van der Waals surface area contributed by atoms with Gasteiger partial charge in [-0.25, -0.2) is 0 Å². The van der Waals surface area contributed by atoms with Crippen molar-refractivity contribution in [2.75, 3.05) is 13.2 Å². The van der Waals surface area contributed by atoms with Gasteiger partial charge < -0.3 is 9.47 Å². The summed E-state index contributed by atoms with van der Waals surface area (Å²) in [7, 11) is 0. The fourth-order valence-electron chi connectivity index (χ4n) is 3.25. The van der Waals surface area contributed by atoms with E-state index < -0.39 is 0 Å². The lowest BCUT2D eigenvalue weighted by Gasteiger charge is -2.21. The van der Waals surface area contributed by atoms with Crippen LogP contribution in [0.15, 0.2) is 30.6 Å². The number of nitrogens with zero attached hydrogens (tertiary/aromatic N) is 3. The van der Waals surface area contributed by atoms with E-state index >= 15 is 0 Å². The van der Waals surface area contributed by atoms with Gasteiger partial charge >= 0.3 is 0 Å². The van der Waals surface area contributed by atoms with Gasteiger partial charge in [0, 0.05) is 31.4 Å². The highest BCUT2D eigenvalue weighted by Gasteiger charge is 2.29. The predicted octanol–water partition coefficient (Wildman–Crippen LogP) is 4.51. The molecule has 1 saturated heterocycles. The molecule has 1 aliphatic heterocycles. The molecule has 0 bridgehead atoms. The summed E-state index contributed by atoms with van der Waals surface area (Å²) in [5.74, 6) is 1.33. The summed E-state index contributed by atoms with van der Waals surface area (Å²) in [5.41, 5.74) is 2.08. The van der Waals surface area contributed by atoms with E-state index in [1.807, 2.05) is 18.3 Å². The molecule has 1 aliphatic carbocycles. The van der Waals surface area contributed by atoms with Crippen LogP contribution in [0, 0.1) is 0 Å². The molecule has 4 heterocycles. The molecule has 0 amide bonds. The van der Waals surface area contributed by atoms with Crippen molar-refractivity contribution in [3.8, 4) is 10.8 Å². The fourth-order valence-corrected chi connectivity index (χ4v) is 4.13. The molecule has 0 N–H and O–H groups in total. The van der Waals surface area contributed by atoms with E-state index in [-0.39, 0.29) is 0 Å². The Balaban J connectivity index is 1.48. The lowest BCUT2D eigenvalue weighted by Crippen LogP contribution is -2.15. The number of hydrogen-bond donors (Lipinski definition) is 0. The molecule has 124 valence electrons. The standard InChI is InChI=1S/C18H19N3O2S/c1-2-16-14(19-7-1)10-17(24-16)23-15-11-21(13-3-4-13)20-18(15)12-5-8-22-9-6-12/h1-2,7,10-13H,3-6,8-9H2. The van der Waals surface area contributed by atoms with Crippen molar-refractivity contribution in [2.45, 2.75) is 37.6 Å². The Bertz CT molecular complexity index is 829. The van der Waals surface area contributed by atoms with E-state index in [9.17, 15) is 0 Å². The summed E-state index contributed by atoms with van der Waals surface area (Å²) in [6.45, 7) is 1.63. The highest BCUT2D eigenvalue weighted by atomic mass is 32.1. The average molecular weight is 341 g/mol. The molecule has 0 aromatic carbocycles. The number of ether oxygens (including phenoxy) is 2. The van der Waals surface area contributed by atoms with Crippen molar-refractivity contribution in [1.29, 1.82) is 0 Å². The number of fused-ring (bicyclic) bond motifs is 1. The topological polar surface area (TPSA) is 49.2 Å². The molecule has 24 heavy (non-hydrogen) atoms. The zero-order valence-corrected chi connectivity index (χ0v) is 14.2. The van der Waals surface area contributed by atoms with Gasteiger partial charge in [-0.05, 0) is 37.8 Å². The van der Waals surface area contributed by atoms with Crippen molar-refractivity contribution in [3.05, 3.63) is 36.3 Å². The van der Waals surface area contributed by atoms with Crippen LogP contribution in [0.3, 0.4) is 0 Å². The van der Waals surface area contributed by atoms with E-state index in [1.165, 1.54) is 12.8 Å². The van der Waals surface area contributed by atoms with E-state index in [2.05, 4.69) is 21.9 Å². The van der Waals surface area contributed by atoms with Crippen LogP contribution in [-0.4, -0.2) is 28.0 Å². The largest absolute Gasteiger partial charge is 0.443 e. The van der Waals surface area contributed by atoms with Gasteiger partial charge in [0.05, 0.1) is 22.5 Å². The fraction of sp³-hybridized carbons (Fsp3) is 0.444. The van der Waals surface area contributed by atoms with Gasteiger partial charge in [0.25, 0.3) is 0 Å². The van der Waals surface area contributed by atoms with Gasteiger partial charge in [0.15, 0.2) is 10.8 Å². The third kappa shape index (κ3) is 2.70. The second-order valence-electron chi connectivity index (χ2n) is 6.53. The summed E-state index contributed by atoms with van der Waals surface area (Å²) in [5, 5.41) is 5.75. The maximum Gasteiger partial charge on any atom is 0.183 e. The minimum absolute atomic E-state index is 0.432. The summed E-state index contributed by atoms with van der Waals surface area (Å²) < 4.78 is 15.0. The van der Waals surface area contributed by atoms with Crippen LogP contribution < -0.4 is 4.74 Å². The molecule has 5 rings (SSSR count). The van der Waals surface area contributed by atoms with Crippen molar-refractivity contribution in [1.82, 2.24) is 14.8 Å². The van der Waals surface area contributed by atoms with Crippen molar-refractivity contribution >= 4 is 21.6 Å². The maximum atomic E-state index is 6.26. The average Bonchev–Trinajstić information content (AvgIpc) is 3.26. The molecule has 0 unspecified atom stereocenters. The molecular formula is C18H19N3O2S. The molecule has 3 aromatic heterocycles. The first kappa shape index (κ1) is 14.4. The van der Waals surface area contributed by atoms with Gasteiger partial charge in [-0.15, -0.1) is 0 Å². The number of hydrogen-bond acceptors (Lipinski definition) is 5. The van der Waals surface area contributed by atoms with Crippen LogP contribution in [-0.2, 0) is 4.74 Å². The van der Waals surface area contributed by atoms with Crippen LogP contribution in [0.25, 0.3) is 10.2 Å². The summed E-state index contributed by atoms with van der Waals surface area (Å²) in [4.78, 5) is 4.39. The van der Waals surface area contributed by atoms with Gasteiger partial charge in [-0.2, -0.15) is 5.10 Å². The van der Waals surface area contributed by atoms with E-state index in [4.69, 9.17) is 14.6 Å². The summed E-state index contributed by atoms with van der Waals surface area (Å²) in [6, 6.07) is 6.61. The smallest absolute Gasteiger partial charge is 0.183 e. The summed E-state index contributed by atoms with van der Waals surface area (Å²) >= 11 is 1.63. The van der Waals surface area contributed by atoms with Crippen molar-refractivity contribution in [3.63, 3.8) is 0 Å². The van der Waals surface area contributed by atoms with Crippen LogP contribution in [0.1, 0.15) is 43.3 Å². The third-order valence-corrected chi connectivity index (χ3v) is 5.70. The Labute approximate surface area is 144 Å². The molecule has 6 heteroatoms.